The van der Waals surface area contributed by atoms with Crippen LogP contribution in [-0.4, -0.2) is 28.3 Å². The van der Waals surface area contributed by atoms with E-state index < -0.39 is 5.54 Å². The predicted molar refractivity (Wildman–Crippen MR) is 78.9 cm³/mol. The van der Waals surface area contributed by atoms with E-state index in [2.05, 4.69) is 21.2 Å². The summed E-state index contributed by atoms with van der Waals surface area (Å²) in [6.07, 6.45) is 0.625. The number of hydrogen-bond donors (Lipinski definition) is 1. The quantitative estimate of drug-likeness (QED) is 0.915. The highest BCUT2D eigenvalue weighted by atomic mass is 79.9. The van der Waals surface area contributed by atoms with Crippen molar-refractivity contribution in [1.82, 2.24) is 10.2 Å². The molecule has 1 aromatic rings. The largest absolute Gasteiger partial charge is 0.340 e. The molecule has 6 heteroatoms. The van der Waals surface area contributed by atoms with Crippen LogP contribution in [0.15, 0.2) is 15.9 Å². The van der Waals surface area contributed by atoms with Crippen LogP contribution in [-0.2, 0) is 16.1 Å². The van der Waals surface area contributed by atoms with Crippen molar-refractivity contribution >= 4 is 39.1 Å². The summed E-state index contributed by atoms with van der Waals surface area (Å²) in [4.78, 5) is 27.3. The molecule has 1 fully saturated rings. The van der Waals surface area contributed by atoms with Crippen LogP contribution in [0.25, 0.3) is 0 Å². The van der Waals surface area contributed by atoms with Crippen molar-refractivity contribution in [3.8, 4) is 0 Å². The molecule has 0 saturated carbocycles. The molecule has 2 heterocycles. The van der Waals surface area contributed by atoms with Crippen molar-refractivity contribution in [1.29, 1.82) is 0 Å². The number of amides is 2. The maximum atomic E-state index is 12.5. The van der Waals surface area contributed by atoms with Gasteiger partial charge in [0.05, 0.1) is 10.3 Å². The number of carbonyl (C=O) groups is 2. The first-order valence-corrected chi connectivity index (χ1v) is 7.83. The van der Waals surface area contributed by atoms with E-state index in [1.807, 2.05) is 19.1 Å². The Balaban J connectivity index is 2.27. The van der Waals surface area contributed by atoms with Gasteiger partial charge in [-0.05, 0) is 48.3 Å². The van der Waals surface area contributed by atoms with Crippen molar-refractivity contribution in [3.63, 3.8) is 0 Å². The van der Waals surface area contributed by atoms with E-state index in [1.54, 1.807) is 30.1 Å². The van der Waals surface area contributed by atoms with Gasteiger partial charge in [-0.3, -0.25) is 9.59 Å². The number of hydrogen-bond acceptors (Lipinski definition) is 3. The predicted octanol–water partition coefficient (Wildman–Crippen LogP) is 2.53. The summed E-state index contributed by atoms with van der Waals surface area (Å²) < 4.78 is 1.03. The third-order valence-corrected chi connectivity index (χ3v) is 4.86. The van der Waals surface area contributed by atoms with Gasteiger partial charge >= 0.3 is 0 Å². The number of nitrogens with zero attached hydrogens (tertiary/aromatic N) is 1. The molecule has 1 N–H and O–H groups in total. The molecule has 1 saturated heterocycles. The van der Waals surface area contributed by atoms with Crippen LogP contribution in [0.3, 0.4) is 0 Å². The average molecular weight is 345 g/mol. The molecule has 1 aromatic heterocycles. The number of halogens is 1. The highest BCUT2D eigenvalue weighted by Crippen LogP contribution is 2.27. The van der Waals surface area contributed by atoms with Crippen LogP contribution in [0.5, 0.6) is 0 Å². The summed E-state index contributed by atoms with van der Waals surface area (Å²) >= 11 is 5.00. The monoisotopic (exact) mass is 344 g/mol. The van der Waals surface area contributed by atoms with E-state index >= 15 is 0 Å². The van der Waals surface area contributed by atoms with Gasteiger partial charge in [-0.2, -0.15) is 0 Å². The number of rotatable bonds is 3. The van der Waals surface area contributed by atoms with Gasteiger partial charge in [0.15, 0.2) is 0 Å². The van der Waals surface area contributed by atoms with Crippen LogP contribution in [0.2, 0.25) is 0 Å². The Bertz CT molecular complexity index is 512. The molecule has 0 bridgehead atoms. The normalized spacial score (nSPS) is 22.5. The minimum Gasteiger partial charge on any atom is -0.340 e. The molecule has 1 unspecified atom stereocenters. The zero-order valence-corrected chi connectivity index (χ0v) is 13.6. The average Bonchev–Trinajstić information content (AvgIpc) is 2.71. The Morgan fingerprint density at radius 1 is 1.42 bits per heavy atom. The summed E-state index contributed by atoms with van der Waals surface area (Å²) in [5.41, 5.74) is -0.822. The van der Waals surface area contributed by atoms with Crippen molar-refractivity contribution in [3.05, 3.63) is 20.8 Å². The molecule has 0 spiro atoms. The van der Waals surface area contributed by atoms with Crippen molar-refractivity contribution < 1.29 is 9.59 Å². The lowest BCUT2D eigenvalue weighted by Crippen LogP contribution is -2.67. The summed E-state index contributed by atoms with van der Waals surface area (Å²) in [5.74, 6) is -0.0915. The van der Waals surface area contributed by atoms with Crippen LogP contribution < -0.4 is 5.32 Å². The minimum atomic E-state index is -0.822. The Kier molecular flexibility index (Phi) is 4.01. The minimum absolute atomic E-state index is 0.0246. The van der Waals surface area contributed by atoms with E-state index in [0.29, 0.717) is 13.0 Å². The SMILES string of the molecule is CCC1C(=O)NC(C)(C)C(=O)N1Cc1ccc(Br)s1. The summed E-state index contributed by atoms with van der Waals surface area (Å²) in [6, 6.07) is 3.57. The van der Waals surface area contributed by atoms with Gasteiger partial charge in [0.1, 0.15) is 11.6 Å². The molecular weight excluding hydrogens is 328 g/mol. The number of thiophene rings is 1. The van der Waals surface area contributed by atoms with Gasteiger partial charge in [-0.15, -0.1) is 11.3 Å². The third kappa shape index (κ3) is 2.84. The smallest absolute Gasteiger partial charge is 0.248 e. The first kappa shape index (κ1) is 14.5. The Morgan fingerprint density at radius 3 is 2.63 bits per heavy atom. The summed E-state index contributed by atoms with van der Waals surface area (Å²) in [6.45, 7) is 5.91. The lowest BCUT2D eigenvalue weighted by atomic mass is 9.95. The Morgan fingerprint density at radius 2 is 2.11 bits per heavy atom. The van der Waals surface area contributed by atoms with E-state index in [4.69, 9.17) is 0 Å². The number of piperazine rings is 1. The molecule has 19 heavy (non-hydrogen) atoms. The van der Waals surface area contributed by atoms with E-state index in [-0.39, 0.29) is 17.9 Å². The maximum Gasteiger partial charge on any atom is 0.248 e. The van der Waals surface area contributed by atoms with E-state index in [1.165, 1.54) is 0 Å². The molecule has 1 atom stereocenters. The Labute approximate surface area is 125 Å². The molecule has 4 nitrogen and oxygen atoms in total. The first-order valence-electron chi connectivity index (χ1n) is 6.22. The fraction of sp³-hybridized carbons (Fsp3) is 0.538. The lowest BCUT2D eigenvalue weighted by Gasteiger charge is -2.42. The molecule has 0 aliphatic carbocycles. The van der Waals surface area contributed by atoms with Gasteiger partial charge in [-0.25, -0.2) is 0 Å². The summed E-state index contributed by atoms with van der Waals surface area (Å²) in [7, 11) is 0. The molecular formula is C13H17BrN2O2S. The molecule has 0 aromatic carbocycles. The summed E-state index contributed by atoms with van der Waals surface area (Å²) in [5, 5.41) is 2.79. The van der Waals surface area contributed by atoms with Crippen LogP contribution in [0.1, 0.15) is 32.1 Å². The molecule has 2 amide bonds. The topological polar surface area (TPSA) is 49.4 Å². The molecule has 1 aliphatic heterocycles. The second-order valence-corrected chi connectivity index (χ2v) is 7.72. The lowest BCUT2D eigenvalue weighted by molar-refractivity contribution is -0.154. The number of carbonyl (C=O) groups excluding carboxylic acids is 2. The van der Waals surface area contributed by atoms with E-state index in [0.717, 1.165) is 8.66 Å². The van der Waals surface area contributed by atoms with Gasteiger partial charge in [-0.1, -0.05) is 6.92 Å². The van der Waals surface area contributed by atoms with Crippen molar-refractivity contribution in [2.24, 2.45) is 0 Å². The van der Waals surface area contributed by atoms with Crippen LogP contribution in [0.4, 0.5) is 0 Å². The maximum absolute atomic E-state index is 12.5. The fourth-order valence-corrected chi connectivity index (χ4v) is 3.76. The van der Waals surface area contributed by atoms with Gasteiger partial charge in [0.25, 0.3) is 0 Å². The second-order valence-electron chi connectivity index (χ2n) is 5.18. The fourth-order valence-electron chi connectivity index (χ4n) is 2.28. The Hall–Kier alpha value is -0.880. The van der Waals surface area contributed by atoms with Gasteiger partial charge in [0.2, 0.25) is 11.8 Å². The van der Waals surface area contributed by atoms with Gasteiger partial charge in [0, 0.05) is 4.88 Å². The highest BCUT2D eigenvalue weighted by molar-refractivity contribution is 9.11. The second kappa shape index (κ2) is 5.25. The van der Waals surface area contributed by atoms with Crippen molar-refractivity contribution in [2.75, 3.05) is 0 Å². The molecule has 104 valence electrons. The van der Waals surface area contributed by atoms with Crippen molar-refractivity contribution in [2.45, 2.75) is 45.3 Å². The number of nitrogens with one attached hydrogen (secondary N) is 1. The zero-order chi connectivity index (χ0) is 14.2. The van der Waals surface area contributed by atoms with Crippen LogP contribution in [0, 0.1) is 0 Å². The molecule has 0 radical (unpaired) electrons. The third-order valence-electron chi connectivity index (χ3n) is 3.25. The van der Waals surface area contributed by atoms with E-state index in [9.17, 15) is 9.59 Å². The first-order chi connectivity index (χ1) is 8.85. The standard InChI is InChI=1S/C13H17BrN2O2S/c1-4-9-11(17)15-13(2,3)12(18)16(9)7-8-5-6-10(14)19-8/h5-6,9H,4,7H2,1-3H3,(H,15,17). The molecule has 2 rings (SSSR count). The van der Waals surface area contributed by atoms with Gasteiger partial charge < -0.3 is 10.2 Å². The zero-order valence-electron chi connectivity index (χ0n) is 11.2. The van der Waals surface area contributed by atoms with Crippen LogP contribution >= 0.6 is 27.3 Å². The highest BCUT2D eigenvalue weighted by Gasteiger charge is 2.44. The molecule has 1 aliphatic rings.